The summed E-state index contributed by atoms with van der Waals surface area (Å²) in [5.74, 6) is 8.00. The van der Waals surface area contributed by atoms with Gasteiger partial charge in [-0.15, -0.1) is 0 Å². The fourth-order valence-corrected chi connectivity index (χ4v) is 4.74. The lowest BCUT2D eigenvalue weighted by atomic mass is 10.1. The average Bonchev–Trinajstić information content (AvgIpc) is 2.84. The van der Waals surface area contributed by atoms with E-state index in [-0.39, 0.29) is 0 Å². The quantitative estimate of drug-likeness (QED) is 0.0715. The van der Waals surface area contributed by atoms with Gasteiger partial charge in [0.25, 0.3) is 0 Å². The third-order valence-electron chi connectivity index (χ3n) is 6.98. The molecule has 0 fully saturated rings. The molecule has 0 aromatic heterocycles. The molecule has 0 aliphatic carbocycles. The molecule has 0 radical (unpaired) electrons. The maximum absolute atomic E-state index is 4.00. The van der Waals surface area contributed by atoms with Gasteiger partial charge in [0.05, 0.1) is 0 Å². The molecule has 4 N–H and O–H groups in total. The highest BCUT2D eigenvalue weighted by Crippen LogP contribution is 2.13. The van der Waals surface area contributed by atoms with Crippen molar-refractivity contribution in [2.24, 2.45) is 11.7 Å². The Bertz CT molecular complexity index is 261. The second kappa shape index (κ2) is 34.0. The molecular weight excluding hydrogens is 402 g/mol. The lowest BCUT2D eigenvalue weighted by Crippen LogP contribution is -2.27. The molecule has 33 heavy (non-hydrogen) atoms. The monoisotopic (exact) mass is 470 g/mol. The number of rotatable bonds is 27. The van der Waals surface area contributed by atoms with Gasteiger partial charge in [0, 0.05) is 0 Å². The summed E-state index contributed by atoms with van der Waals surface area (Å²) in [5, 5.41) is 0. The molecule has 0 spiro atoms. The van der Waals surface area contributed by atoms with E-state index in [1.807, 2.05) is 0 Å². The van der Waals surface area contributed by atoms with Gasteiger partial charge in [0.15, 0.2) is 0 Å². The predicted octanol–water partition coefficient (Wildman–Crippen LogP) is 9.53. The van der Waals surface area contributed by atoms with Crippen LogP contribution < -0.4 is 11.7 Å². The van der Waals surface area contributed by atoms with Gasteiger partial charge in [0.2, 0.25) is 0 Å². The number of nitrogens with zero attached hydrogens (tertiary/aromatic N) is 1. The number of nitrogens with two attached hydrogens (primary N) is 2. The lowest BCUT2D eigenvalue weighted by Gasteiger charge is -2.22. The van der Waals surface area contributed by atoms with E-state index in [4.69, 9.17) is 0 Å². The summed E-state index contributed by atoms with van der Waals surface area (Å²) in [6.45, 7) is 11.0. The van der Waals surface area contributed by atoms with Gasteiger partial charge in [-0.3, -0.25) is 11.7 Å². The molecule has 0 saturated heterocycles. The topological polar surface area (TPSA) is 55.3 Å². The van der Waals surface area contributed by atoms with Crippen LogP contribution in [-0.4, -0.2) is 24.5 Å². The van der Waals surface area contributed by atoms with Crippen molar-refractivity contribution in [1.29, 1.82) is 0 Å². The first-order valence-electron chi connectivity index (χ1n) is 15.4. The van der Waals surface area contributed by atoms with Crippen molar-refractivity contribution in [3.8, 4) is 0 Å². The first-order chi connectivity index (χ1) is 16.3. The highest BCUT2D eigenvalue weighted by molar-refractivity contribution is 4.60. The van der Waals surface area contributed by atoms with Gasteiger partial charge >= 0.3 is 0 Å². The molecule has 0 heterocycles. The van der Waals surface area contributed by atoms with E-state index >= 15 is 0 Å². The molecule has 0 saturated carbocycles. The van der Waals surface area contributed by atoms with Gasteiger partial charge < -0.3 is 4.90 Å². The van der Waals surface area contributed by atoms with Crippen LogP contribution in [0.3, 0.4) is 0 Å². The number of hydrazine groups is 1. The highest BCUT2D eigenvalue weighted by atomic mass is 15.1. The Hall–Kier alpha value is -0.120. The molecule has 0 atom stereocenters. The van der Waals surface area contributed by atoms with Crippen LogP contribution in [0, 0.1) is 0 Å². The molecule has 0 aromatic carbocycles. The summed E-state index contributed by atoms with van der Waals surface area (Å²) in [5.41, 5.74) is 0. The molecule has 0 aromatic rings. The Morgan fingerprint density at radius 2 is 0.485 bits per heavy atom. The zero-order chi connectivity index (χ0) is 24.7. The third kappa shape index (κ3) is 31.9. The van der Waals surface area contributed by atoms with Crippen LogP contribution >= 0.6 is 0 Å². The van der Waals surface area contributed by atoms with Gasteiger partial charge in [-0.1, -0.05) is 156 Å². The van der Waals surface area contributed by atoms with Crippen molar-refractivity contribution in [2.75, 3.05) is 19.6 Å². The smallest absolute Gasteiger partial charge is 0.00187 e. The molecule has 202 valence electrons. The van der Waals surface area contributed by atoms with Crippen LogP contribution in [0.5, 0.6) is 0 Å². The van der Waals surface area contributed by atoms with Gasteiger partial charge in [-0.2, -0.15) is 0 Å². The zero-order valence-electron chi connectivity index (χ0n) is 23.7. The fraction of sp³-hybridized carbons (Fsp3) is 1.00. The summed E-state index contributed by atoms with van der Waals surface area (Å²) in [7, 11) is 0. The maximum Gasteiger partial charge on any atom is -0.00187 e. The summed E-state index contributed by atoms with van der Waals surface area (Å²) in [6.07, 6.45) is 34.6. The molecule has 0 amide bonds. The first kappa shape index (κ1) is 35.0. The van der Waals surface area contributed by atoms with Gasteiger partial charge in [-0.05, 0) is 38.9 Å². The molecular formula is C30H67N3. The third-order valence-corrected chi connectivity index (χ3v) is 6.98. The van der Waals surface area contributed by atoms with Crippen LogP contribution in [0.1, 0.15) is 175 Å². The molecule has 3 heteroatoms. The van der Waals surface area contributed by atoms with Gasteiger partial charge in [0.1, 0.15) is 0 Å². The zero-order valence-corrected chi connectivity index (χ0v) is 23.7. The maximum atomic E-state index is 4.00. The van der Waals surface area contributed by atoms with Crippen molar-refractivity contribution < 1.29 is 0 Å². The summed E-state index contributed by atoms with van der Waals surface area (Å²) in [6, 6.07) is 0. The number of hydrogen-bond donors (Lipinski definition) is 2. The SMILES string of the molecule is CCCCCCCCCCN(CCCCCCCCCC)CCCCCCCCCC.NN. The molecule has 0 unspecified atom stereocenters. The van der Waals surface area contributed by atoms with E-state index in [2.05, 4.69) is 37.4 Å². The van der Waals surface area contributed by atoms with Crippen molar-refractivity contribution in [2.45, 2.75) is 175 Å². The van der Waals surface area contributed by atoms with E-state index in [1.54, 1.807) is 0 Å². The Morgan fingerprint density at radius 1 is 0.303 bits per heavy atom. The molecule has 0 aliphatic rings. The Morgan fingerprint density at radius 3 is 0.697 bits per heavy atom. The number of unbranched alkanes of at least 4 members (excludes halogenated alkanes) is 21. The predicted molar refractivity (Wildman–Crippen MR) is 153 cm³/mol. The Kier molecular flexibility index (Phi) is 36.2. The summed E-state index contributed by atoms with van der Waals surface area (Å²) >= 11 is 0. The molecule has 0 aliphatic heterocycles. The van der Waals surface area contributed by atoms with Crippen LogP contribution in [0.2, 0.25) is 0 Å². The second-order valence-electron chi connectivity index (χ2n) is 10.3. The Labute approximate surface area is 211 Å². The minimum atomic E-state index is 1.36. The Balaban J connectivity index is 0. The van der Waals surface area contributed by atoms with Crippen LogP contribution in [0.15, 0.2) is 0 Å². The van der Waals surface area contributed by atoms with Crippen LogP contribution in [0.25, 0.3) is 0 Å². The first-order valence-corrected chi connectivity index (χ1v) is 15.4. The molecule has 3 nitrogen and oxygen atoms in total. The summed E-state index contributed by atoms with van der Waals surface area (Å²) in [4.78, 5) is 2.82. The number of hydrogen-bond acceptors (Lipinski definition) is 3. The summed E-state index contributed by atoms with van der Waals surface area (Å²) < 4.78 is 0. The van der Waals surface area contributed by atoms with E-state index in [0.29, 0.717) is 0 Å². The minimum Gasteiger partial charge on any atom is -0.303 e. The van der Waals surface area contributed by atoms with Crippen molar-refractivity contribution in [3.05, 3.63) is 0 Å². The fourth-order valence-electron chi connectivity index (χ4n) is 4.74. The normalized spacial score (nSPS) is 11.1. The lowest BCUT2D eigenvalue weighted by molar-refractivity contribution is 0.254. The van der Waals surface area contributed by atoms with Gasteiger partial charge in [-0.25, -0.2) is 0 Å². The second-order valence-corrected chi connectivity index (χ2v) is 10.3. The standard InChI is InChI=1S/C30H63N.H4N2/c1-4-7-10-13-16-19-22-25-28-31(29-26-23-20-17-14-11-8-5-2)30-27-24-21-18-15-12-9-6-3;1-2/h4-30H2,1-3H3;1-2H2. The van der Waals surface area contributed by atoms with E-state index in [1.165, 1.54) is 174 Å². The minimum absolute atomic E-state index is 1.36. The van der Waals surface area contributed by atoms with Crippen molar-refractivity contribution in [1.82, 2.24) is 4.90 Å². The average molecular weight is 470 g/mol. The van der Waals surface area contributed by atoms with E-state index < -0.39 is 0 Å². The van der Waals surface area contributed by atoms with Crippen LogP contribution in [-0.2, 0) is 0 Å². The highest BCUT2D eigenvalue weighted by Gasteiger charge is 2.05. The van der Waals surface area contributed by atoms with Crippen molar-refractivity contribution in [3.63, 3.8) is 0 Å². The van der Waals surface area contributed by atoms with Crippen LogP contribution in [0.4, 0.5) is 0 Å². The largest absolute Gasteiger partial charge is 0.303 e. The van der Waals surface area contributed by atoms with E-state index in [0.717, 1.165) is 0 Å². The van der Waals surface area contributed by atoms with E-state index in [9.17, 15) is 0 Å². The molecule has 0 rings (SSSR count). The molecule has 0 bridgehead atoms. The van der Waals surface area contributed by atoms with Crippen molar-refractivity contribution >= 4 is 0 Å².